The molecule has 3 aromatic carbocycles. The number of nitrogens with zero attached hydrogens (tertiary/aromatic N) is 3. The summed E-state index contributed by atoms with van der Waals surface area (Å²) in [4.78, 5) is 22.8. The highest BCUT2D eigenvalue weighted by Gasteiger charge is 2.26. The van der Waals surface area contributed by atoms with Gasteiger partial charge in [0.15, 0.2) is 4.80 Å². The molecule has 0 spiro atoms. The predicted molar refractivity (Wildman–Crippen MR) is 123 cm³/mol. The molecule has 1 N–H and O–H groups in total. The number of benzene rings is 3. The van der Waals surface area contributed by atoms with Gasteiger partial charge in [-0.3, -0.25) is 9.36 Å². The molecule has 1 amide bonds. The van der Waals surface area contributed by atoms with Gasteiger partial charge in [-0.15, -0.1) is 0 Å². The van der Waals surface area contributed by atoms with Gasteiger partial charge in [0, 0.05) is 5.22 Å². The van der Waals surface area contributed by atoms with Crippen LogP contribution in [0.2, 0.25) is 0 Å². The molecule has 32 heavy (non-hydrogen) atoms. The first-order valence-electron chi connectivity index (χ1n) is 10.2. The van der Waals surface area contributed by atoms with Crippen molar-refractivity contribution in [2.45, 2.75) is 6.92 Å². The molecule has 4 aromatic rings. The molecule has 1 aliphatic rings. The van der Waals surface area contributed by atoms with Crippen LogP contribution in [0, 0.1) is 0 Å². The number of ether oxygens (including phenoxy) is 1. The molecular weight excluding hydrogens is 422 g/mol. The smallest absolute Gasteiger partial charge is 0.279 e. The van der Waals surface area contributed by atoms with E-state index in [1.165, 1.54) is 11.3 Å². The van der Waals surface area contributed by atoms with Crippen LogP contribution in [0.15, 0.2) is 88.8 Å². The number of thiazole rings is 1. The van der Waals surface area contributed by atoms with Crippen LogP contribution >= 0.6 is 11.3 Å². The fourth-order valence-corrected chi connectivity index (χ4v) is 4.70. The Morgan fingerprint density at radius 1 is 1.03 bits per heavy atom. The molecule has 1 aliphatic heterocycles. The number of rotatable bonds is 5. The van der Waals surface area contributed by atoms with Crippen LogP contribution in [0.3, 0.4) is 0 Å². The summed E-state index contributed by atoms with van der Waals surface area (Å²) in [5, 5.41) is 12.5. The molecule has 0 saturated carbocycles. The zero-order valence-corrected chi connectivity index (χ0v) is 18.0. The lowest BCUT2D eigenvalue weighted by Gasteiger charge is -2.05. The zero-order valence-electron chi connectivity index (χ0n) is 17.2. The highest BCUT2D eigenvalue weighted by atomic mass is 32.1. The van der Waals surface area contributed by atoms with Gasteiger partial charge in [-0.25, -0.2) is 9.98 Å². The Kier molecular flexibility index (Phi) is 5.17. The van der Waals surface area contributed by atoms with Crippen LogP contribution in [0.5, 0.6) is 11.6 Å². The number of aromatic hydroxyl groups is 1. The van der Waals surface area contributed by atoms with Gasteiger partial charge in [0.2, 0.25) is 5.88 Å². The van der Waals surface area contributed by atoms with Crippen molar-refractivity contribution in [2.24, 2.45) is 9.98 Å². The van der Waals surface area contributed by atoms with E-state index in [0.29, 0.717) is 38.2 Å². The first kappa shape index (κ1) is 20.0. The maximum atomic E-state index is 12.9. The number of carbonyl (C=O) groups is 1. The van der Waals surface area contributed by atoms with Crippen molar-refractivity contribution in [3.63, 3.8) is 0 Å². The van der Waals surface area contributed by atoms with Gasteiger partial charge < -0.3 is 9.84 Å². The summed E-state index contributed by atoms with van der Waals surface area (Å²) in [5.41, 5.74) is 1.84. The summed E-state index contributed by atoms with van der Waals surface area (Å²) < 4.78 is 7.26. The van der Waals surface area contributed by atoms with Crippen molar-refractivity contribution in [2.75, 3.05) is 6.61 Å². The van der Waals surface area contributed by atoms with Crippen molar-refractivity contribution in [1.29, 1.82) is 0 Å². The van der Waals surface area contributed by atoms with Crippen molar-refractivity contribution in [3.8, 4) is 17.3 Å². The molecule has 0 radical (unpaired) electrons. The molecule has 5 rings (SSSR count). The number of aromatic nitrogens is 1. The van der Waals surface area contributed by atoms with Crippen LogP contribution in [0.25, 0.3) is 11.3 Å². The van der Waals surface area contributed by atoms with E-state index in [4.69, 9.17) is 9.73 Å². The van der Waals surface area contributed by atoms with Gasteiger partial charge >= 0.3 is 0 Å². The second kappa shape index (κ2) is 8.28. The standard InChI is InChI=1S/C25H19N3O3S/c1-2-31-18-13-14-20-19(15-18)21(23(29)27-20)22-24(30)28(17-11-7-4-8-12-17)25(32-22)26-16-9-5-3-6-10-16/h3-15,30H,2H2,1H3. The second-order valence-electron chi connectivity index (χ2n) is 7.06. The van der Waals surface area contributed by atoms with E-state index in [1.807, 2.05) is 67.6 Å². The Morgan fingerprint density at radius 2 is 1.75 bits per heavy atom. The Balaban J connectivity index is 1.81. The first-order chi connectivity index (χ1) is 15.7. The molecule has 1 aromatic heterocycles. The second-order valence-corrected chi connectivity index (χ2v) is 8.04. The van der Waals surface area contributed by atoms with E-state index < -0.39 is 5.91 Å². The maximum absolute atomic E-state index is 12.9. The lowest BCUT2D eigenvalue weighted by atomic mass is 10.1. The first-order valence-corrected chi connectivity index (χ1v) is 11.0. The van der Waals surface area contributed by atoms with Gasteiger partial charge in [-0.05, 0) is 49.4 Å². The van der Waals surface area contributed by atoms with Gasteiger partial charge in [0.25, 0.3) is 5.91 Å². The summed E-state index contributed by atoms with van der Waals surface area (Å²) in [7, 11) is 0. The van der Waals surface area contributed by atoms with Gasteiger partial charge in [0.1, 0.15) is 10.6 Å². The fourth-order valence-electron chi connectivity index (χ4n) is 3.60. The molecule has 0 unspecified atom stereocenters. The largest absolute Gasteiger partial charge is 0.494 e. The van der Waals surface area contributed by atoms with Crippen LogP contribution in [0.4, 0.5) is 5.69 Å². The van der Waals surface area contributed by atoms with E-state index in [2.05, 4.69) is 4.99 Å². The lowest BCUT2D eigenvalue weighted by molar-refractivity contribution is -0.112. The third-order valence-corrected chi connectivity index (χ3v) is 6.05. The average molecular weight is 442 g/mol. The SMILES string of the molecule is CCOc1ccc2c(c1)=C(c1sc(=Nc3ccccc3)n(-c3ccccc3)c1O)C(=O)N=2. The van der Waals surface area contributed by atoms with E-state index in [-0.39, 0.29) is 5.88 Å². The quantitative estimate of drug-likeness (QED) is 0.517. The molecule has 0 atom stereocenters. The minimum absolute atomic E-state index is 0.0518. The topological polar surface area (TPSA) is 76.2 Å². The van der Waals surface area contributed by atoms with Gasteiger partial charge in [0.05, 0.1) is 28.9 Å². The maximum Gasteiger partial charge on any atom is 0.279 e. The number of amides is 1. The minimum Gasteiger partial charge on any atom is -0.494 e. The lowest BCUT2D eigenvalue weighted by Crippen LogP contribution is -2.23. The Labute approximate surface area is 187 Å². The number of para-hydroxylation sites is 2. The van der Waals surface area contributed by atoms with Crippen LogP contribution in [-0.2, 0) is 4.79 Å². The zero-order chi connectivity index (χ0) is 22.1. The summed E-state index contributed by atoms with van der Waals surface area (Å²) in [6.45, 7) is 2.41. The van der Waals surface area contributed by atoms with E-state index >= 15 is 0 Å². The third-order valence-electron chi connectivity index (χ3n) is 5.01. The number of fused-ring (bicyclic) bond motifs is 1. The van der Waals surface area contributed by atoms with Crippen LogP contribution in [0.1, 0.15) is 11.8 Å². The van der Waals surface area contributed by atoms with E-state index in [9.17, 15) is 9.90 Å². The summed E-state index contributed by atoms with van der Waals surface area (Å²) in [5.74, 6) is 0.204. The molecule has 6 nitrogen and oxygen atoms in total. The molecule has 0 aliphatic carbocycles. The Bertz CT molecular complexity index is 1500. The minimum atomic E-state index is -0.392. The number of carbonyl (C=O) groups excluding carboxylic acids is 1. The number of hydrogen-bond acceptors (Lipinski definition) is 5. The Hall–Kier alpha value is -3.97. The van der Waals surface area contributed by atoms with Gasteiger partial charge in [-0.2, -0.15) is 0 Å². The third kappa shape index (κ3) is 3.52. The molecule has 0 bridgehead atoms. The Morgan fingerprint density at radius 3 is 2.47 bits per heavy atom. The summed E-state index contributed by atoms with van der Waals surface area (Å²) in [6, 6.07) is 24.3. The van der Waals surface area contributed by atoms with Crippen molar-refractivity contribution in [1.82, 2.24) is 4.57 Å². The molecule has 2 heterocycles. The van der Waals surface area contributed by atoms with E-state index in [1.54, 1.807) is 22.8 Å². The summed E-state index contributed by atoms with van der Waals surface area (Å²) >= 11 is 1.25. The van der Waals surface area contributed by atoms with Crippen molar-refractivity contribution in [3.05, 3.63) is 99.1 Å². The molecule has 158 valence electrons. The molecule has 0 saturated heterocycles. The average Bonchev–Trinajstić information content (AvgIpc) is 3.30. The van der Waals surface area contributed by atoms with Crippen molar-refractivity contribution >= 4 is 28.5 Å². The molecule has 0 fully saturated rings. The van der Waals surface area contributed by atoms with Crippen molar-refractivity contribution < 1.29 is 14.6 Å². The van der Waals surface area contributed by atoms with Gasteiger partial charge in [-0.1, -0.05) is 47.7 Å². The van der Waals surface area contributed by atoms with Crippen LogP contribution < -0.4 is 20.1 Å². The number of hydrogen-bond donors (Lipinski definition) is 1. The highest BCUT2D eigenvalue weighted by Crippen LogP contribution is 2.31. The normalized spacial score (nSPS) is 13.2. The molecule has 7 heteroatoms. The van der Waals surface area contributed by atoms with E-state index in [0.717, 1.165) is 11.4 Å². The fraction of sp³-hybridized carbons (Fsp3) is 0.0800. The highest BCUT2D eigenvalue weighted by molar-refractivity contribution is 7.11. The monoisotopic (exact) mass is 441 g/mol. The summed E-state index contributed by atoms with van der Waals surface area (Å²) in [6.07, 6.45) is 0. The predicted octanol–water partition coefficient (Wildman–Crippen LogP) is 3.23. The molecular formula is C25H19N3O3S. The van der Waals surface area contributed by atoms with Crippen LogP contribution in [-0.4, -0.2) is 22.2 Å².